The molecule has 0 fully saturated rings. The van der Waals surface area contributed by atoms with Crippen LogP contribution in [0.25, 0.3) is 11.1 Å². The van der Waals surface area contributed by atoms with Crippen LogP contribution in [0.4, 0.5) is 4.79 Å². The highest BCUT2D eigenvalue weighted by Crippen LogP contribution is 2.22. The number of primary amides is 1. The van der Waals surface area contributed by atoms with Crippen molar-refractivity contribution < 1.29 is 9.53 Å². The number of ether oxygens (including phenoxy) is 1. The van der Waals surface area contributed by atoms with Crippen molar-refractivity contribution in [1.82, 2.24) is 0 Å². The first-order valence-electron chi connectivity index (χ1n) is 6.24. The lowest BCUT2D eigenvalue weighted by Crippen LogP contribution is -2.16. The maximum Gasteiger partial charge on any atom is 0.404 e. The summed E-state index contributed by atoms with van der Waals surface area (Å²) in [5, 5.41) is 0. The maximum absolute atomic E-state index is 10.6. The molecule has 2 aromatic rings. The van der Waals surface area contributed by atoms with E-state index in [1.165, 1.54) is 11.1 Å². The summed E-state index contributed by atoms with van der Waals surface area (Å²) >= 11 is 0. The molecule has 0 aliphatic rings. The average Bonchev–Trinajstić information content (AvgIpc) is 2.46. The Labute approximate surface area is 113 Å². The monoisotopic (exact) mass is 255 g/mol. The summed E-state index contributed by atoms with van der Waals surface area (Å²) in [6.07, 6.45) is -0.729. The molecule has 0 aliphatic heterocycles. The van der Waals surface area contributed by atoms with Gasteiger partial charge >= 0.3 is 6.09 Å². The first-order valence-corrected chi connectivity index (χ1v) is 6.24. The summed E-state index contributed by atoms with van der Waals surface area (Å²) in [6, 6.07) is 18.5. The number of benzene rings is 2. The van der Waals surface area contributed by atoms with Gasteiger partial charge in [-0.15, -0.1) is 0 Å². The number of amides is 1. The third-order valence-electron chi connectivity index (χ3n) is 3.06. The third kappa shape index (κ3) is 3.58. The largest absolute Gasteiger partial charge is 0.449 e. The fraction of sp³-hybridized carbons (Fsp3) is 0.188. The molecule has 0 unspecified atom stereocenters. The van der Waals surface area contributed by atoms with E-state index < -0.39 is 6.09 Å². The first-order chi connectivity index (χ1) is 9.16. The van der Waals surface area contributed by atoms with Crippen LogP contribution >= 0.6 is 0 Å². The van der Waals surface area contributed by atoms with E-state index in [1.54, 1.807) is 0 Å². The minimum atomic E-state index is -0.729. The number of hydrogen-bond donors (Lipinski definition) is 1. The molecule has 0 aromatic heterocycles. The Hall–Kier alpha value is -2.29. The lowest BCUT2D eigenvalue weighted by molar-refractivity contribution is 0.151. The van der Waals surface area contributed by atoms with Gasteiger partial charge in [0.05, 0.1) is 6.61 Å². The minimum absolute atomic E-state index is 0.136. The fourth-order valence-electron chi connectivity index (χ4n) is 1.94. The van der Waals surface area contributed by atoms with Gasteiger partial charge in [-0.1, -0.05) is 61.5 Å². The Morgan fingerprint density at radius 1 is 1.05 bits per heavy atom. The third-order valence-corrected chi connectivity index (χ3v) is 3.06. The van der Waals surface area contributed by atoms with Crippen LogP contribution in [0.15, 0.2) is 54.6 Å². The van der Waals surface area contributed by atoms with Crippen LogP contribution in [0.2, 0.25) is 0 Å². The summed E-state index contributed by atoms with van der Waals surface area (Å²) in [7, 11) is 0. The van der Waals surface area contributed by atoms with Crippen LogP contribution in [0.3, 0.4) is 0 Å². The van der Waals surface area contributed by atoms with E-state index in [0.717, 1.165) is 5.56 Å². The summed E-state index contributed by atoms with van der Waals surface area (Å²) in [5.41, 5.74) is 8.45. The van der Waals surface area contributed by atoms with Crippen LogP contribution in [0, 0.1) is 0 Å². The molecule has 3 nitrogen and oxygen atoms in total. The van der Waals surface area contributed by atoms with Gasteiger partial charge in [0.15, 0.2) is 0 Å². The molecule has 2 N–H and O–H groups in total. The molecular weight excluding hydrogens is 238 g/mol. The Morgan fingerprint density at radius 3 is 2.21 bits per heavy atom. The van der Waals surface area contributed by atoms with Gasteiger partial charge in [0.1, 0.15) is 0 Å². The molecule has 0 saturated carbocycles. The Kier molecular flexibility index (Phi) is 4.18. The molecule has 1 amide bonds. The molecular formula is C16H17NO2. The van der Waals surface area contributed by atoms with E-state index in [4.69, 9.17) is 10.5 Å². The summed E-state index contributed by atoms with van der Waals surface area (Å²) < 4.78 is 4.81. The highest BCUT2D eigenvalue weighted by Gasteiger charge is 2.07. The van der Waals surface area contributed by atoms with Gasteiger partial charge in [0, 0.05) is 5.92 Å². The molecule has 0 spiro atoms. The second-order valence-electron chi connectivity index (χ2n) is 4.52. The van der Waals surface area contributed by atoms with Gasteiger partial charge in [-0.2, -0.15) is 0 Å². The predicted octanol–water partition coefficient (Wildman–Crippen LogP) is 3.55. The van der Waals surface area contributed by atoms with E-state index in [9.17, 15) is 4.79 Å². The number of carbonyl (C=O) groups is 1. The van der Waals surface area contributed by atoms with Gasteiger partial charge in [0.25, 0.3) is 0 Å². The molecule has 2 rings (SSSR count). The van der Waals surface area contributed by atoms with Gasteiger partial charge < -0.3 is 10.5 Å². The van der Waals surface area contributed by atoms with Crippen molar-refractivity contribution in [1.29, 1.82) is 0 Å². The van der Waals surface area contributed by atoms with Crippen molar-refractivity contribution in [3.8, 4) is 11.1 Å². The lowest BCUT2D eigenvalue weighted by Gasteiger charge is -2.12. The van der Waals surface area contributed by atoms with E-state index in [1.807, 2.05) is 25.1 Å². The predicted molar refractivity (Wildman–Crippen MR) is 75.8 cm³/mol. The molecule has 3 heteroatoms. The van der Waals surface area contributed by atoms with Crippen molar-refractivity contribution in [2.45, 2.75) is 12.8 Å². The van der Waals surface area contributed by atoms with Gasteiger partial charge in [0.2, 0.25) is 0 Å². The molecule has 0 saturated heterocycles. The normalized spacial score (nSPS) is 11.8. The lowest BCUT2D eigenvalue weighted by atomic mass is 9.98. The summed E-state index contributed by atoms with van der Waals surface area (Å²) in [4.78, 5) is 10.6. The zero-order valence-electron chi connectivity index (χ0n) is 10.9. The smallest absolute Gasteiger partial charge is 0.404 e. The zero-order chi connectivity index (χ0) is 13.7. The second kappa shape index (κ2) is 6.05. The molecule has 1 atom stereocenters. The Bertz CT molecular complexity index is 534. The number of carbonyl (C=O) groups excluding carboxylic acids is 1. The quantitative estimate of drug-likeness (QED) is 0.908. The van der Waals surface area contributed by atoms with Gasteiger partial charge in [-0.25, -0.2) is 4.79 Å². The number of hydrogen-bond acceptors (Lipinski definition) is 2. The number of rotatable bonds is 4. The first kappa shape index (κ1) is 13.1. The van der Waals surface area contributed by atoms with E-state index in [-0.39, 0.29) is 5.92 Å². The van der Waals surface area contributed by atoms with E-state index in [0.29, 0.717) is 6.61 Å². The van der Waals surface area contributed by atoms with Crippen molar-refractivity contribution in [3.05, 3.63) is 60.2 Å². The Morgan fingerprint density at radius 2 is 1.63 bits per heavy atom. The van der Waals surface area contributed by atoms with Crippen molar-refractivity contribution >= 4 is 6.09 Å². The van der Waals surface area contributed by atoms with Gasteiger partial charge in [-0.05, 0) is 16.7 Å². The van der Waals surface area contributed by atoms with Crippen molar-refractivity contribution in [3.63, 3.8) is 0 Å². The Balaban J connectivity index is 2.08. The molecule has 19 heavy (non-hydrogen) atoms. The topological polar surface area (TPSA) is 52.3 Å². The highest BCUT2D eigenvalue weighted by molar-refractivity contribution is 5.65. The van der Waals surface area contributed by atoms with Crippen molar-refractivity contribution in [2.24, 2.45) is 5.73 Å². The molecule has 0 aliphatic carbocycles. The van der Waals surface area contributed by atoms with Crippen LogP contribution < -0.4 is 5.73 Å². The van der Waals surface area contributed by atoms with Gasteiger partial charge in [-0.3, -0.25) is 0 Å². The zero-order valence-corrected chi connectivity index (χ0v) is 10.9. The summed E-state index contributed by atoms with van der Waals surface area (Å²) in [6.45, 7) is 2.31. The fourth-order valence-corrected chi connectivity index (χ4v) is 1.94. The SMILES string of the molecule is C[C@H](COC(N)=O)c1ccc(-c2ccccc2)cc1. The highest BCUT2D eigenvalue weighted by atomic mass is 16.5. The van der Waals surface area contributed by atoms with Crippen LogP contribution in [0.1, 0.15) is 18.4 Å². The summed E-state index contributed by atoms with van der Waals surface area (Å²) in [5.74, 6) is 0.136. The molecule has 0 heterocycles. The average molecular weight is 255 g/mol. The van der Waals surface area contributed by atoms with Crippen LogP contribution in [-0.4, -0.2) is 12.7 Å². The minimum Gasteiger partial charge on any atom is -0.449 e. The molecule has 2 aromatic carbocycles. The van der Waals surface area contributed by atoms with Crippen LogP contribution in [-0.2, 0) is 4.74 Å². The second-order valence-corrected chi connectivity index (χ2v) is 4.52. The molecule has 0 radical (unpaired) electrons. The molecule has 0 bridgehead atoms. The van der Waals surface area contributed by atoms with E-state index in [2.05, 4.69) is 36.4 Å². The van der Waals surface area contributed by atoms with E-state index >= 15 is 0 Å². The maximum atomic E-state index is 10.6. The standard InChI is InChI=1S/C16H17NO2/c1-12(11-19-16(17)18)13-7-9-15(10-8-13)14-5-3-2-4-6-14/h2-10,12H,11H2,1H3,(H2,17,18)/t12-/m1/s1. The number of nitrogens with two attached hydrogens (primary N) is 1. The van der Waals surface area contributed by atoms with Crippen LogP contribution in [0.5, 0.6) is 0 Å². The molecule has 98 valence electrons. The van der Waals surface area contributed by atoms with Crippen molar-refractivity contribution in [2.75, 3.05) is 6.61 Å².